The molecular formula is C31H39F3N4O2. The van der Waals surface area contributed by atoms with Crippen molar-refractivity contribution >= 4 is 16.8 Å². The Kier molecular flexibility index (Phi) is 7.99. The normalized spacial score (nSPS) is 21.2. The molecular weight excluding hydrogens is 517 g/mol. The lowest BCUT2D eigenvalue weighted by atomic mass is 9.87. The van der Waals surface area contributed by atoms with Crippen LogP contribution >= 0.6 is 0 Å². The van der Waals surface area contributed by atoms with Gasteiger partial charge in [-0.1, -0.05) is 19.9 Å². The summed E-state index contributed by atoms with van der Waals surface area (Å²) < 4.78 is 39.7. The van der Waals surface area contributed by atoms with Gasteiger partial charge in [-0.05, 0) is 80.3 Å². The number of aromatic nitrogens is 2. The molecule has 3 aromatic rings. The monoisotopic (exact) mass is 556 g/mol. The number of hydrogen-bond acceptors (Lipinski definition) is 4. The molecule has 216 valence electrons. The number of amides is 1. The molecule has 2 saturated heterocycles. The van der Waals surface area contributed by atoms with E-state index in [1.807, 2.05) is 13.8 Å². The number of nitrogens with one attached hydrogen (secondary N) is 1. The van der Waals surface area contributed by atoms with E-state index in [-0.39, 0.29) is 32.0 Å². The quantitative estimate of drug-likeness (QED) is 0.395. The van der Waals surface area contributed by atoms with Crippen molar-refractivity contribution in [1.82, 2.24) is 19.8 Å². The van der Waals surface area contributed by atoms with Crippen molar-refractivity contribution in [2.45, 2.75) is 71.0 Å². The molecule has 9 heteroatoms. The third-order valence-corrected chi connectivity index (χ3v) is 8.67. The van der Waals surface area contributed by atoms with Crippen LogP contribution in [0.1, 0.15) is 67.5 Å². The summed E-state index contributed by atoms with van der Waals surface area (Å²) in [7, 11) is 0. The summed E-state index contributed by atoms with van der Waals surface area (Å²) in [4.78, 5) is 24.5. The van der Waals surface area contributed by atoms with E-state index >= 15 is 0 Å². The molecule has 0 bridgehead atoms. The molecule has 2 aromatic heterocycles. The number of aliphatic hydroxyl groups excluding tert-OH is 1. The fraction of sp³-hybridized carbons (Fsp3) is 0.548. The molecule has 6 nitrogen and oxygen atoms in total. The molecule has 2 atom stereocenters. The first-order valence-corrected chi connectivity index (χ1v) is 14.2. The fourth-order valence-corrected chi connectivity index (χ4v) is 6.63. The molecule has 1 unspecified atom stereocenters. The molecule has 2 aliphatic heterocycles. The molecule has 0 radical (unpaired) electrons. The number of rotatable bonds is 6. The van der Waals surface area contributed by atoms with Gasteiger partial charge in [-0.2, -0.15) is 13.2 Å². The first-order valence-electron chi connectivity index (χ1n) is 14.2. The van der Waals surface area contributed by atoms with Gasteiger partial charge in [0.05, 0.1) is 24.8 Å². The van der Waals surface area contributed by atoms with E-state index in [1.165, 1.54) is 21.4 Å². The zero-order valence-electron chi connectivity index (χ0n) is 23.7. The lowest BCUT2D eigenvalue weighted by Crippen LogP contribution is -2.46. The van der Waals surface area contributed by atoms with E-state index in [0.717, 1.165) is 41.0 Å². The van der Waals surface area contributed by atoms with E-state index in [2.05, 4.69) is 54.1 Å². The van der Waals surface area contributed by atoms with Gasteiger partial charge in [0.25, 0.3) is 0 Å². The standard InChI is InChI=1S/C31H39F3N4O2/c1-18(2)29-26-13-22(5-6-27(26)36-30(29)23-11-19(3)35-20(4)12-23)21-7-9-37(10-8-21)28(40)16-38-15-24(31(32,33)34)14-25(38)17-39/h5-6,11-13,18,21,24-25,36,39H,7-10,14-17H2,1-4H3/t24?,25-/m1/s1. The first kappa shape index (κ1) is 28.6. The van der Waals surface area contributed by atoms with E-state index in [0.29, 0.717) is 24.9 Å². The van der Waals surface area contributed by atoms with Gasteiger partial charge in [-0.15, -0.1) is 0 Å². The van der Waals surface area contributed by atoms with Gasteiger partial charge in [0, 0.05) is 53.5 Å². The molecule has 0 spiro atoms. The first-order chi connectivity index (χ1) is 18.9. The number of aryl methyl sites for hydroxylation is 2. The Balaban J connectivity index is 1.29. The van der Waals surface area contributed by atoms with Crippen LogP contribution in [0.3, 0.4) is 0 Å². The number of fused-ring (bicyclic) bond motifs is 1. The van der Waals surface area contributed by atoms with Crippen molar-refractivity contribution in [3.8, 4) is 11.3 Å². The number of piperidine rings is 1. The highest BCUT2D eigenvalue weighted by atomic mass is 19.4. The summed E-state index contributed by atoms with van der Waals surface area (Å²) >= 11 is 0. The lowest BCUT2D eigenvalue weighted by Gasteiger charge is -2.34. The molecule has 0 aliphatic carbocycles. The second-order valence-corrected chi connectivity index (χ2v) is 11.9. The van der Waals surface area contributed by atoms with Crippen molar-refractivity contribution in [2.75, 3.05) is 32.8 Å². The van der Waals surface area contributed by atoms with E-state index in [9.17, 15) is 23.1 Å². The SMILES string of the molecule is Cc1cc(-c2[nH]c3ccc(C4CCN(C(=O)CN5CC(C(F)(F)F)C[C@@H]5CO)CC4)cc3c2C(C)C)cc(C)n1. The number of carbonyl (C=O) groups is 1. The predicted octanol–water partition coefficient (Wildman–Crippen LogP) is 5.92. The topological polar surface area (TPSA) is 72.5 Å². The van der Waals surface area contributed by atoms with Crippen LogP contribution < -0.4 is 0 Å². The molecule has 5 rings (SSSR count). The number of hydrogen-bond donors (Lipinski definition) is 2. The van der Waals surface area contributed by atoms with Crippen LogP contribution in [0.25, 0.3) is 22.2 Å². The summed E-state index contributed by atoms with van der Waals surface area (Å²) in [5.41, 5.74) is 7.89. The van der Waals surface area contributed by atoms with Gasteiger partial charge >= 0.3 is 6.18 Å². The van der Waals surface area contributed by atoms with Gasteiger partial charge < -0.3 is 15.0 Å². The Morgan fingerprint density at radius 1 is 1.12 bits per heavy atom. The summed E-state index contributed by atoms with van der Waals surface area (Å²) in [5.74, 6) is -1.02. The minimum Gasteiger partial charge on any atom is -0.395 e. The third kappa shape index (κ3) is 5.77. The highest BCUT2D eigenvalue weighted by Gasteiger charge is 2.47. The summed E-state index contributed by atoms with van der Waals surface area (Å²) in [5, 5.41) is 10.8. The van der Waals surface area contributed by atoms with Crippen LogP contribution in [0.2, 0.25) is 0 Å². The van der Waals surface area contributed by atoms with Crippen molar-refractivity contribution in [3.63, 3.8) is 0 Å². The summed E-state index contributed by atoms with van der Waals surface area (Å²) in [6.07, 6.45) is -2.85. The molecule has 40 heavy (non-hydrogen) atoms. The van der Waals surface area contributed by atoms with Crippen LogP contribution in [0.15, 0.2) is 30.3 Å². The molecule has 0 saturated carbocycles. The Morgan fingerprint density at radius 2 is 1.80 bits per heavy atom. The number of pyridine rings is 1. The molecule has 4 heterocycles. The smallest absolute Gasteiger partial charge is 0.393 e. The average molecular weight is 557 g/mol. The zero-order chi connectivity index (χ0) is 28.8. The van der Waals surface area contributed by atoms with Crippen molar-refractivity contribution in [1.29, 1.82) is 0 Å². The molecule has 2 aliphatic rings. The maximum atomic E-state index is 13.2. The van der Waals surface area contributed by atoms with Crippen LogP contribution in [0, 0.1) is 19.8 Å². The Morgan fingerprint density at radius 3 is 2.40 bits per heavy atom. The van der Waals surface area contributed by atoms with Crippen molar-refractivity contribution in [3.05, 3.63) is 52.8 Å². The number of aromatic amines is 1. The molecule has 2 N–H and O–H groups in total. The van der Waals surface area contributed by atoms with Crippen LogP contribution in [-0.4, -0.2) is 75.8 Å². The molecule has 1 aromatic carbocycles. The van der Waals surface area contributed by atoms with Gasteiger partial charge in [-0.3, -0.25) is 14.7 Å². The average Bonchev–Trinajstić information content (AvgIpc) is 3.49. The maximum absolute atomic E-state index is 13.2. The van der Waals surface area contributed by atoms with Crippen molar-refractivity contribution < 1.29 is 23.1 Å². The van der Waals surface area contributed by atoms with Gasteiger partial charge in [-0.25, -0.2) is 0 Å². The van der Waals surface area contributed by atoms with Gasteiger partial charge in [0.2, 0.25) is 5.91 Å². The molecule has 1 amide bonds. The predicted molar refractivity (Wildman–Crippen MR) is 150 cm³/mol. The van der Waals surface area contributed by atoms with E-state index in [1.54, 1.807) is 4.90 Å². The van der Waals surface area contributed by atoms with Gasteiger partial charge in [0.15, 0.2) is 0 Å². The van der Waals surface area contributed by atoms with E-state index < -0.39 is 18.1 Å². The summed E-state index contributed by atoms with van der Waals surface area (Å²) in [6.45, 7) is 8.92. The lowest BCUT2D eigenvalue weighted by molar-refractivity contribution is -0.171. The Hall–Kier alpha value is -2.91. The van der Waals surface area contributed by atoms with Crippen LogP contribution in [0.4, 0.5) is 13.2 Å². The Labute approximate surface area is 233 Å². The second kappa shape index (κ2) is 11.2. The van der Waals surface area contributed by atoms with Crippen molar-refractivity contribution in [2.24, 2.45) is 5.92 Å². The molecule has 2 fully saturated rings. The number of likely N-dealkylation sites (tertiary alicyclic amines) is 2. The largest absolute Gasteiger partial charge is 0.395 e. The highest BCUT2D eigenvalue weighted by Crippen LogP contribution is 2.39. The highest BCUT2D eigenvalue weighted by molar-refractivity contribution is 5.92. The fourth-order valence-electron chi connectivity index (χ4n) is 6.63. The number of alkyl halides is 3. The Bertz CT molecular complexity index is 1350. The number of nitrogens with zero attached hydrogens (tertiary/aromatic N) is 3. The minimum absolute atomic E-state index is 0.0771. The third-order valence-electron chi connectivity index (χ3n) is 8.67. The van der Waals surface area contributed by atoms with E-state index in [4.69, 9.17) is 0 Å². The van der Waals surface area contributed by atoms with Gasteiger partial charge in [0.1, 0.15) is 0 Å². The number of H-pyrrole nitrogens is 1. The zero-order valence-corrected chi connectivity index (χ0v) is 23.7. The number of aliphatic hydroxyl groups is 1. The maximum Gasteiger partial charge on any atom is 0.393 e. The second-order valence-electron chi connectivity index (χ2n) is 11.9. The minimum atomic E-state index is -4.31. The van der Waals surface area contributed by atoms with Crippen LogP contribution in [0.5, 0.6) is 0 Å². The summed E-state index contributed by atoms with van der Waals surface area (Å²) in [6, 6.07) is 10.2. The number of carbonyl (C=O) groups excluding carboxylic acids is 1. The number of halogens is 3. The van der Waals surface area contributed by atoms with Crippen LogP contribution in [-0.2, 0) is 4.79 Å². The number of benzene rings is 1.